The van der Waals surface area contributed by atoms with Crippen molar-refractivity contribution >= 4 is 41.3 Å². The Kier molecular flexibility index (Phi) is 2.21. The molecule has 1 aromatic carbocycles. The lowest BCUT2D eigenvalue weighted by atomic mass is 10.3. The summed E-state index contributed by atoms with van der Waals surface area (Å²) in [6, 6.07) is 2.17. The summed E-state index contributed by atoms with van der Waals surface area (Å²) in [5.41, 5.74) is 1.61. The molecule has 1 aromatic heterocycles. The lowest BCUT2D eigenvalue weighted by Crippen LogP contribution is -1.91. The normalized spacial score (nSPS) is 12.1. The Balaban J connectivity index is 2.83. The zero-order valence-corrected chi connectivity index (χ0v) is 8.96. The highest BCUT2D eigenvalue weighted by Gasteiger charge is 2.14. The summed E-state index contributed by atoms with van der Waals surface area (Å²) in [5, 5.41) is 0. The molecule has 3 nitrogen and oxygen atoms in total. The van der Waals surface area contributed by atoms with E-state index in [0.717, 1.165) is 17.4 Å². The van der Waals surface area contributed by atoms with Crippen LogP contribution in [0.1, 0.15) is 0 Å². The van der Waals surface area contributed by atoms with Gasteiger partial charge < -0.3 is 0 Å². The van der Waals surface area contributed by atoms with Crippen molar-refractivity contribution in [3.8, 4) is 0 Å². The van der Waals surface area contributed by atoms with E-state index in [1.165, 1.54) is 11.6 Å². The van der Waals surface area contributed by atoms with Gasteiger partial charge in [0.2, 0.25) is 0 Å². The van der Waals surface area contributed by atoms with Crippen LogP contribution in [0.5, 0.6) is 0 Å². The van der Waals surface area contributed by atoms with Crippen LogP contribution < -0.4 is 0 Å². The smallest absolute Gasteiger partial charge is 0.242 e. The molecular formula is C7H3ClFNO2S2. The quantitative estimate of drug-likeness (QED) is 0.731. The van der Waals surface area contributed by atoms with Crippen LogP contribution in [-0.4, -0.2) is 13.4 Å². The summed E-state index contributed by atoms with van der Waals surface area (Å²) in [6.07, 6.45) is 0. The van der Waals surface area contributed by atoms with Crippen LogP contribution in [0.3, 0.4) is 0 Å². The van der Waals surface area contributed by atoms with E-state index in [0.29, 0.717) is 4.70 Å². The number of fused-ring (bicyclic) bond motifs is 1. The summed E-state index contributed by atoms with van der Waals surface area (Å²) in [6.45, 7) is 0. The average molecular weight is 252 g/mol. The number of aromatic nitrogens is 1. The number of hydrogen-bond donors (Lipinski definition) is 0. The molecule has 0 amide bonds. The number of benzene rings is 1. The topological polar surface area (TPSA) is 47.0 Å². The van der Waals surface area contributed by atoms with Gasteiger partial charge in [0.25, 0.3) is 9.05 Å². The zero-order chi connectivity index (χ0) is 10.3. The van der Waals surface area contributed by atoms with Crippen molar-refractivity contribution in [2.45, 2.75) is 4.90 Å². The van der Waals surface area contributed by atoms with Gasteiger partial charge in [-0.2, -0.15) is 0 Å². The van der Waals surface area contributed by atoms with Crippen molar-refractivity contribution in [2.24, 2.45) is 0 Å². The lowest BCUT2D eigenvalue weighted by Gasteiger charge is -1.96. The first kappa shape index (κ1) is 9.82. The SMILES string of the molecule is O=S(=O)(Cl)c1cc(F)c2ncsc2c1. The molecule has 0 saturated carbocycles. The van der Waals surface area contributed by atoms with Crippen LogP contribution in [0.25, 0.3) is 10.2 Å². The van der Waals surface area contributed by atoms with Gasteiger partial charge in [-0.3, -0.25) is 0 Å². The lowest BCUT2D eigenvalue weighted by molar-refractivity contribution is 0.605. The molecule has 0 radical (unpaired) electrons. The second-order valence-corrected chi connectivity index (χ2v) is 5.99. The van der Waals surface area contributed by atoms with Gasteiger partial charge in [-0.05, 0) is 12.1 Å². The molecule has 7 heteroatoms. The molecule has 0 atom stereocenters. The summed E-state index contributed by atoms with van der Waals surface area (Å²) < 4.78 is 35.6. The fraction of sp³-hybridized carbons (Fsp3) is 0. The molecule has 0 spiro atoms. The van der Waals surface area contributed by atoms with Crippen molar-refractivity contribution in [2.75, 3.05) is 0 Å². The molecule has 2 aromatic rings. The van der Waals surface area contributed by atoms with Crippen molar-refractivity contribution < 1.29 is 12.8 Å². The van der Waals surface area contributed by atoms with Crippen molar-refractivity contribution in [1.29, 1.82) is 0 Å². The summed E-state index contributed by atoms with van der Waals surface area (Å²) in [4.78, 5) is 3.50. The van der Waals surface area contributed by atoms with Gasteiger partial charge in [-0.15, -0.1) is 11.3 Å². The van der Waals surface area contributed by atoms with E-state index in [4.69, 9.17) is 10.7 Å². The summed E-state index contributed by atoms with van der Waals surface area (Å²) >= 11 is 1.16. The highest BCUT2D eigenvalue weighted by atomic mass is 35.7. The van der Waals surface area contributed by atoms with E-state index in [2.05, 4.69) is 4.98 Å². The molecule has 0 aliphatic heterocycles. The van der Waals surface area contributed by atoms with Crippen molar-refractivity contribution in [3.63, 3.8) is 0 Å². The van der Waals surface area contributed by atoms with Crippen LogP contribution in [-0.2, 0) is 9.05 Å². The van der Waals surface area contributed by atoms with Gasteiger partial charge >= 0.3 is 0 Å². The number of halogens is 2. The van der Waals surface area contributed by atoms with E-state index in [-0.39, 0.29) is 10.4 Å². The molecule has 1 heterocycles. The molecule has 2 rings (SSSR count). The molecule has 0 fully saturated rings. The van der Waals surface area contributed by atoms with Crippen LogP contribution >= 0.6 is 22.0 Å². The molecule has 0 N–H and O–H groups in total. The van der Waals surface area contributed by atoms with Gasteiger partial charge in [0.1, 0.15) is 5.52 Å². The predicted octanol–water partition coefficient (Wildman–Crippen LogP) is 2.36. The van der Waals surface area contributed by atoms with Gasteiger partial charge in [0.05, 0.1) is 15.1 Å². The first-order chi connectivity index (χ1) is 6.48. The molecule has 0 aliphatic carbocycles. The first-order valence-corrected chi connectivity index (χ1v) is 6.65. The van der Waals surface area contributed by atoms with Crippen LogP contribution in [0.2, 0.25) is 0 Å². The third-order valence-electron chi connectivity index (χ3n) is 1.64. The van der Waals surface area contributed by atoms with E-state index >= 15 is 0 Å². The van der Waals surface area contributed by atoms with Gasteiger partial charge in [0, 0.05) is 10.7 Å². The minimum atomic E-state index is -3.88. The molecule has 0 aliphatic rings. The van der Waals surface area contributed by atoms with Gasteiger partial charge in [-0.25, -0.2) is 17.8 Å². The maximum absolute atomic E-state index is 13.2. The number of nitrogens with zero attached hydrogens (tertiary/aromatic N) is 1. The monoisotopic (exact) mass is 251 g/mol. The van der Waals surface area contributed by atoms with Gasteiger partial charge in [0.15, 0.2) is 5.82 Å². The van der Waals surface area contributed by atoms with Gasteiger partial charge in [-0.1, -0.05) is 0 Å². The van der Waals surface area contributed by atoms with Crippen LogP contribution in [0, 0.1) is 5.82 Å². The average Bonchev–Trinajstić information content (AvgIpc) is 2.50. The maximum atomic E-state index is 13.2. The summed E-state index contributed by atoms with van der Waals surface area (Å²) in [7, 11) is 1.20. The molecule has 0 saturated heterocycles. The van der Waals surface area contributed by atoms with E-state index < -0.39 is 14.9 Å². The Labute approximate surface area is 87.6 Å². The fourth-order valence-corrected chi connectivity index (χ4v) is 2.62. The minimum Gasteiger partial charge on any atom is -0.242 e. The molecule has 0 bridgehead atoms. The third kappa shape index (κ3) is 1.60. The molecule has 0 unspecified atom stereocenters. The molecule has 14 heavy (non-hydrogen) atoms. The standard InChI is InChI=1S/C7H3ClFNO2S2/c8-14(11,12)4-1-5(9)7-6(2-4)13-3-10-7/h1-3H. The van der Waals surface area contributed by atoms with E-state index in [9.17, 15) is 12.8 Å². The number of hydrogen-bond acceptors (Lipinski definition) is 4. The highest BCUT2D eigenvalue weighted by Crippen LogP contribution is 2.26. The van der Waals surface area contributed by atoms with Crippen LogP contribution in [0.15, 0.2) is 22.5 Å². The Morgan fingerprint density at radius 2 is 2.14 bits per heavy atom. The molecule has 74 valence electrons. The van der Waals surface area contributed by atoms with Crippen molar-refractivity contribution in [3.05, 3.63) is 23.5 Å². The molecular weight excluding hydrogens is 249 g/mol. The minimum absolute atomic E-state index is 0.166. The Hall–Kier alpha value is -0.720. The Morgan fingerprint density at radius 1 is 1.43 bits per heavy atom. The number of thiazole rings is 1. The van der Waals surface area contributed by atoms with Crippen molar-refractivity contribution in [1.82, 2.24) is 4.98 Å². The third-order valence-corrected chi connectivity index (χ3v) is 3.75. The number of rotatable bonds is 1. The summed E-state index contributed by atoms with van der Waals surface area (Å²) in [5.74, 6) is -0.678. The Morgan fingerprint density at radius 3 is 2.79 bits per heavy atom. The second-order valence-electron chi connectivity index (χ2n) is 2.54. The highest BCUT2D eigenvalue weighted by molar-refractivity contribution is 8.13. The van der Waals surface area contributed by atoms with Crippen LogP contribution in [0.4, 0.5) is 4.39 Å². The zero-order valence-electron chi connectivity index (χ0n) is 6.57. The first-order valence-electron chi connectivity index (χ1n) is 3.46. The Bertz CT molecular complexity index is 593. The predicted molar refractivity (Wildman–Crippen MR) is 52.6 cm³/mol. The fourth-order valence-electron chi connectivity index (χ4n) is 1.04. The van der Waals surface area contributed by atoms with E-state index in [1.807, 2.05) is 0 Å². The second kappa shape index (κ2) is 3.15. The largest absolute Gasteiger partial charge is 0.261 e. The van der Waals surface area contributed by atoms with E-state index in [1.54, 1.807) is 0 Å². The maximum Gasteiger partial charge on any atom is 0.261 e.